The van der Waals surface area contributed by atoms with E-state index in [9.17, 15) is 4.39 Å². The summed E-state index contributed by atoms with van der Waals surface area (Å²) < 4.78 is 18.9. The first-order chi connectivity index (χ1) is 9.60. The monoisotopic (exact) mass is 274 g/mol. The third kappa shape index (κ3) is 3.54. The second-order valence-corrected chi connectivity index (χ2v) is 4.72. The maximum Gasteiger partial charge on any atom is 0.219 e. The van der Waals surface area contributed by atoms with Crippen molar-refractivity contribution in [3.8, 4) is 11.6 Å². The molecule has 0 fully saturated rings. The van der Waals surface area contributed by atoms with E-state index in [4.69, 9.17) is 4.74 Å². The largest absolute Gasteiger partial charge is 0.439 e. The Morgan fingerprint density at radius 1 is 1.30 bits per heavy atom. The summed E-state index contributed by atoms with van der Waals surface area (Å²) in [7, 11) is 0. The number of hydrogen-bond donors (Lipinski definition) is 1. The van der Waals surface area contributed by atoms with Gasteiger partial charge in [-0.3, -0.25) is 0 Å². The maximum atomic E-state index is 13.2. The van der Waals surface area contributed by atoms with Crippen LogP contribution in [0.25, 0.3) is 0 Å². The molecular weight excluding hydrogens is 255 g/mol. The van der Waals surface area contributed by atoms with Gasteiger partial charge in [0.15, 0.2) is 0 Å². The van der Waals surface area contributed by atoms with E-state index in [1.165, 1.54) is 6.07 Å². The molecule has 1 N–H and O–H groups in total. The normalized spacial score (nSPS) is 12.2. The quantitative estimate of drug-likeness (QED) is 0.895. The average Bonchev–Trinajstić information content (AvgIpc) is 2.43. The Labute approximate surface area is 118 Å². The lowest BCUT2D eigenvalue weighted by Crippen LogP contribution is -2.17. The zero-order valence-electron chi connectivity index (χ0n) is 12.0. The molecule has 0 radical (unpaired) electrons. The second-order valence-electron chi connectivity index (χ2n) is 4.72. The molecule has 0 aliphatic heterocycles. The van der Waals surface area contributed by atoms with Gasteiger partial charge in [-0.25, -0.2) is 9.37 Å². The van der Waals surface area contributed by atoms with Crippen LogP contribution in [-0.4, -0.2) is 11.5 Å². The van der Waals surface area contributed by atoms with Crippen molar-refractivity contribution in [1.82, 2.24) is 10.3 Å². The van der Waals surface area contributed by atoms with Gasteiger partial charge < -0.3 is 10.1 Å². The van der Waals surface area contributed by atoms with Gasteiger partial charge >= 0.3 is 0 Å². The first kappa shape index (κ1) is 14.5. The molecule has 0 bridgehead atoms. The lowest BCUT2D eigenvalue weighted by molar-refractivity contribution is 0.458. The zero-order chi connectivity index (χ0) is 14.5. The van der Waals surface area contributed by atoms with Crippen molar-refractivity contribution >= 4 is 0 Å². The molecule has 4 heteroatoms. The number of hydrogen-bond acceptors (Lipinski definition) is 3. The Morgan fingerprint density at radius 2 is 2.10 bits per heavy atom. The number of aromatic nitrogens is 1. The number of ether oxygens (including phenoxy) is 1. The molecule has 1 atom stereocenters. The zero-order valence-corrected chi connectivity index (χ0v) is 12.0. The minimum atomic E-state index is -0.236. The lowest BCUT2D eigenvalue weighted by Gasteiger charge is -2.13. The predicted octanol–water partition coefficient (Wildman–Crippen LogP) is 3.99. The van der Waals surface area contributed by atoms with Crippen LogP contribution >= 0.6 is 0 Å². The highest BCUT2D eigenvalue weighted by Crippen LogP contribution is 2.24. The van der Waals surface area contributed by atoms with E-state index in [0.717, 1.165) is 12.1 Å². The maximum absolute atomic E-state index is 13.2. The topological polar surface area (TPSA) is 34.2 Å². The summed E-state index contributed by atoms with van der Waals surface area (Å²) in [6, 6.07) is 8.75. The molecule has 1 unspecified atom stereocenters. The molecule has 0 aliphatic carbocycles. The summed E-state index contributed by atoms with van der Waals surface area (Å²) in [5.74, 6) is 0.864. The van der Waals surface area contributed by atoms with Gasteiger partial charge in [0.25, 0.3) is 0 Å². The van der Waals surface area contributed by atoms with Crippen molar-refractivity contribution in [3.05, 3.63) is 53.5 Å². The number of halogens is 1. The molecule has 3 nitrogen and oxygen atoms in total. The smallest absolute Gasteiger partial charge is 0.219 e. The predicted molar refractivity (Wildman–Crippen MR) is 77.5 cm³/mol. The Morgan fingerprint density at radius 3 is 2.80 bits per heavy atom. The molecule has 0 saturated heterocycles. The average molecular weight is 274 g/mol. The number of rotatable bonds is 5. The van der Waals surface area contributed by atoms with Crippen molar-refractivity contribution in [2.45, 2.75) is 26.8 Å². The van der Waals surface area contributed by atoms with E-state index in [0.29, 0.717) is 17.2 Å². The van der Waals surface area contributed by atoms with Crippen molar-refractivity contribution in [3.63, 3.8) is 0 Å². The fourth-order valence-corrected chi connectivity index (χ4v) is 1.98. The van der Waals surface area contributed by atoms with E-state index >= 15 is 0 Å². The number of nitrogens with one attached hydrogen (secondary N) is 1. The summed E-state index contributed by atoms with van der Waals surface area (Å²) in [5.41, 5.74) is 1.66. The van der Waals surface area contributed by atoms with E-state index in [1.807, 2.05) is 12.1 Å². The SMILES string of the molecule is CCNC(C)c1ccnc(Oc2ccc(F)c(C)c2)c1. The standard InChI is InChI=1S/C16H19FN2O/c1-4-18-12(3)13-7-8-19-16(10-13)20-14-5-6-15(17)11(2)9-14/h5-10,12,18H,4H2,1-3H3. The van der Waals surface area contributed by atoms with Crippen LogP contribution in [0.5, 0.6) is 11.6 Å². The van der Waals surface area contributed by atoms with Gasteiger partial charge in [0.1, 0.15) is 11.6 Å². The van der Waals surface area contributed by atoms with Crippen molar-refractivity contribution in [1.29, 1.82) is 0 Å². The van der Waals surface area contributed by atoms with Crippen LogP contribution in [0.4, 0.5) is 4.39 Å². The van der Waals surface area contributed by atoms with Crippen molar-refractivity contribution in [2.75, 3.05) is 6.54 Å². The summed E-state index contributed by atoms with van der Waals surface area (Å²) >= 11 is 0. The minimum Gasteiger partial charge on any atom is -0.439 e. The van der Waals surface area contributed by atoms with Gasteiger partial charge in [-0.15, -0.1) is 0 Å². The van der Waals surface area contributed by atoms with Crippen LogP contribution in [0, 0.1) is 12.7 Å². The number of nitrogens with zero attached hydrogens (tertiary/aromatic N) is 1. The van der Waals surface area contributed by atoms with Gasteiger partial charge in [-0.2, -0.15) is 0 Å². The molecular formula is C16H19FN2O. The Hall–Kier alpha value is -1.94. The molecule has 20 heavy (non-hydrogen) atoms. The van der Waals surface area contributed by atoms with Gasteiger partial charge in [0, 0.05) is 18.3 Å². The van der Waals surface area contributed by atoms with Crippen LogP contribution in [0.1, 0.15) is 31.0 Å². The van der Waals surface area contributed by atoms with Gasteiger partial charge in [0.2, 0.25) is 5.88 Å². The van der Waals surface area contributed by atoms with E-state index in [1.54, 1.807) is 25.3 Å². The Kier molecular flexibility index (Phi) is 4.69. The highest BCUT2D eigenvalue weighted by Gasteiger charge is 2.07. The molecule has 0 spiro atoms. The number of aryl methyl sites for hydroxylation is 1. The van der Waals surface area contributed by atoms with Crippen LogP contribution in [0.2, 0.25) is 0 Å². The summed E-state index contributed by atoms with van der Waals surface area (Å²) in [5, 5.41) is 3.34. The molecule has 0 saturated carbocycles. The van der Waals surface area contributed by atoms with Crippen LogP contribution in [0.3, 0.4) is 0 Å². The summed E-state index contributed by atoms with van der Waals surface area (Å²) in [6.45, 7) is 6.76. The molecule has 1 heterocycles. The summed E-state index contributed by atoms with van der Waals surface area (Å²) in [4.78, 5) is 4.19. The fraction of sp³-hybridized carbons (Fsp3) is 0.312. The van der Waals surface area contributed by atoms with Crippen molar-refractivity contribution in [2.24, 2.45) is 0 Å². The van der Waals surface area contributed by atoms with Crippen LogP contribution < -0.4 is 10.1 Å². The summed E-state index contributed by atoms with van der Waals surface area (Å²) in [6.07, 6.45) is 1.72. The van der Waals surface area contributed by atoms with Crippen molar-refractivity contribution < 1.29 is 9.13 Å². The third-order valence-electron chi connectivity index (χ3n) is 3.12. The minimum absolute atomic E-state index is 0.236. The third-order valence-corrected chi connectivity index (χ3v) is 3.12. The molecule has 0 aliphatic rings. The molecule has 106 valence electrons. The molecule has 1 aromatic carbocycles. The Bertz CT molecular complexity index is 586. The lowest BCUT2D eigenvalue weighted by atomic mass is 10.1. The van der Waals surface area contributed by atoms with Crippen LogP contribution in [0.15, 0.2) is 36.5 Å². The first-order valence-corrected chi connectivity index (χ1v) is 6.73. The molecule has 2 aromatic rings. The molecule has 0 amide bonds. The van der Waals surface area contributed by atoms with Gasteiger partial charge in [-0.1, -0.05) is 6.92 Å². The Balaban J connectivity index is 2.16. The number of benzene rings is 1. The number of pyridine rings is 1. The van der Waals surface area contributed by atoms with Gasteiger partial charge in [0.05, 0.1) is 0 Å². The highest BCUT2D eigenvalue weighted by atomic mass is 19.1. The fourth-order valence-electron chi connectivity index (χ4n) is 1.98. The van der Waals surface area contributed by atoms with E-state index in [2.05, 4.69) is 24.1 Å². The highest BCUT2D eigenvalue weighted by molar-refractivity contribution is 5.33. The second kappa shape index (κ2) is 6.48. The van der Waals surface area contributed by atoms with Gasteiger partial charge in [-0.05, 0) is 55.8 Å². The van der Waals surface area contributed by atoms with Crippen LogP contribution in [-0.2, 0) is 0 Å². The van der Waals surface area contributed by atoms with E-state index < -0.39 is 0 Å². The molecule has 1 aromatic heterocycles. The first-order valence-electron chi connectivity index (χ1n) is 6.73. The molecule has 2 rings (SSSR count). The van der Waals surface area contributed by atoms with E-state index in [-0.39, 0.29) is 11.9 Å².